The van der Waals surface area contributed by atoms with E-state index in [9.17, 15) is 4.79 Å². The summed E-state index contributed by atoms with van der Waals surface area (Å²) in [6.07, 6.45) is 3.05. The predicted molar refractivity (Wildman–Crippen MR) is 103 cm³/mol. The van der Waals surface area contributed by atoms with Gasteiger partial charge in [-0.25, -0.2) is 0 Å². The van der Waals surface area contributed by atoms with Gasteiger partial charge in [-0.15, -0.1) is 11.3 Å². The van der Waals surface area contributed by atoms with Crippen molar-refractivity contribution in [2.45, 2.75) is 25.5 Å². The van der Waals surface area contributed by atoms with Crippen LogP contribution in [0.3, 0.4) is 0 Å². The zero-order chi connectivity index (χ0) is 16.8. The van der Waals surface area contributed by atoms with Gasteiger partial charge in [0.05, 0.1) is 12.7 Å². The highest BCUT2D eigenvalue weighted by atomic mass is 32.2. The minimum absolute atomic E-state index is 0.0500. The molecule has 0 aliphatic heterocycles. The standard InChI is InChI=1S/C19H21NO2S2/c1-2-14-5-6-17-15(12-22-18(17)10-14)11-19(21)20-7-9-23-13-16-4-3-8-24-16/h3-6,8,10,12H,2,7,9,11,13H2,1H3,(H,20,21). The van der Waals surface area contributed by atoms with E-state index in [4.69, 9.17) is 4.42 Å². The Labute approximate surface area is 150 Å². The highest BCUT2D eigenvalue weighted by Crippen LogP contribution is 2.23. The number of benzene rings is 1. The molecule has 3 aromatic rings. The molecule has 2 heterocycles. The first-order valence-electron chi connectivity index (χ1n) is 8.12. The lowest BCUT2D eigenvalue weighted by Gasteiger charge is -2.04. The SMILES string of the molecule is CCc1ccc2c(CC(=O)NCCSCc3cccs3)coc2c1. The minimum Gasteiger partial charge on any atom is -0.464 e. The van der Waals surface area contributed by atoms with Crippen molar-refractivity contribution in [3.05, 3.63) is 58.0 Å². The molecule has 0 aliphatic rings. The van der Waals surface area contributed by atoms with Crippen LogP contribution in [-0.4, -0.2) is 18.2 Å². The molecule has 3 nitrogen and oxygen atoms in total. The molecule has 1 aromatic carbocycles. The lowest BCUT2D eigenvalue weighted by Crippen LogP contribution is -2.27. The zero-order valence-corrected chi connectivity index (χ0v) is 15.3. The molecule has 0 atom stereocenters. The average molecular weight is 360 g/mol. The van der Waals surface area contributed by atoms with Crippen molar-refractivity contribution < 1.29 is 9.21 Å². The monoisotopic (exact) mass is 359 g/mol. The number of carbonyl (C=O) groups excluding carboxylic acids is 1. The molecule has 0 saturated heterocycles. The van der Waals surface area contributed by atoms with E-state index >= 15 is 0 Å². The normalized spacial score (nSPS) is 11.0. The summed E-state index contributed by atoms with van der Waals surface area (Å²) in [7, 11) is 0. The number of carbonyl (C=O) groups is 1. The Morgan fingerprint density at radius 1 is 1.33 bits per heavy atom. The molecule has 0 bridgehead atoms. The Bertz CT molecular complexity index is 793. The molecular formula is C19H21NO2S2. The van der Waals surface area contributed by atoms with Gasteiger partial charge in [0.15, 0.2) is 0 Å². The minimum atomic E-state index is 0.0500. The lowest BCUT2D eigenvalue weighted by atomic mass is 10.1. The van der Waals surface area contributed by atoms with Gasteiger partial charge < -0.3 is 9.73 Å². The number of thioether (sulfide) groups is 1. The third-order valence-corrected chi connectivity index (χ3v) is 5.94. The number of aryl methyl sites for hydroxylation is 1. The van der Waals surface area contributed by atoms with Gasteiger partial charge in [-0.1, -0.05) is 25.1 Å². The summed E-state index contributed by atoms with van der Waals surface area (Å²) in [5, 5.41) is 6.12. The summed E-state index contributed by atoms with van der Waals surface area (Å²) in [6.45, 7) is 2.82. The number of hydrogen-bond acceptors (Lipinski definition) is 4. The van der Waals surface area contributed by atoms with E-state index in [0.717, 1.165) is 34.5 Å². The van der Waals surface area contributed by atoms with Gasteiger partial charge in [0.25, 0.3) is 0 Å². The quantitative estimate of drug-likeness (QED) is 0.595. The van der Waals surface area contributed by atoms with Gasteiger partial charge in [-0.05, 0) is 29.5 Å². The number of fused-ring (bicyclic) bond motifs is 1. The maximum atomic E-state index is 12.1. The van der Waals surface area contributed by atoms with Crippen LogP contribution in [0.5, 0.6) is 0 Å². The van der Waals surface area contributed by atoms with E-state index in [1.807, 2.05) is 11.8 Å². The number of furan rings is 1. The maximum Gasteiger partial charge on any atom is 0.224 e. The van der Waals surface area contributed by atoms with E-state index in [-0.39, 0.29) is 5.91 Å². The van der Waals surface area contributed by atoms with Crippen LogP contribution < -0.4 is 5.32 Å². The zero-order valence-electron chi connectivity index (χ0n) is 13.7. The van der Waals surface area contributed by atoms with Crippen LogP contribution in [0.1, 0.15) is 22.9 Å². The fourth-order valence-electron chi connectivity index (χ4n) is 2.55. The topological polar surface area (TPSA) is 42.2 Å². The summed E-state index contributed by atoms with van der Waals surface area (Å²) < 4.78 is 5.59. The highest BCUT2D eigenvalue weighted by molar-refractivity contribution is 7.98. The van der Waals surface area contributed by atoms with Crippen LogP contribution in [0.15, 0.2) is 46.4 Å². The van der Waals surface area contributed by atoms with Crippen molar-refractivity contribution in [1.29, 1.82) is 0 Å². The number of thiophene rings is 1. The Morgan fingerprint density at radius 2 is 2.25 bits per heavy atom. The molecule has 0 unspecified atom stereocenters. The Hall–Kier alpha value is -1.72. The summed E-state index contributed by atoms with van der Waals surface area (Å²) in [4.78, 5) is 13.5. The van der Waals surface area contributed by atoms with Crippen molar-refractivity contribution in [2.24, 2.45) is 0 Å². The molecule has 24 heavy (non-hydrogen) atoms. The smallest absolute Gasteiger partial charge is 0.224 e. The van der Waals surface area contributed by atoms with Crippen LogP contribution in [-0.2, 0) is 23.4 Å². The molecule has 0 spiro atoms. The molecule has 0 fully saturated rings. The second kappa shape index (κ2) is 8.40. The number of hydrogen-bond donors (Lipinski definition) is 1. The van der Waals surface area contributed by atoms with Crippen molar-refractivity contribution in [1.82, 2.24) is 5.32 Å². The first-order valence-corrected chi connectivity index (χ1v) is 10.2. The molecule has 5 heteroatoms. The summed E-state index contributed by atoms with van der Waals surface area (Å²) in [5.74, 6) is 1.99. The molecular weight excluding hydrogens is 338 g/mol. The molecule has 0 saturated carbocycles. The van der Waals surface area contributed by atoms with Crippen LogP contribution in [0.2, 0.25) is 0 Å². The van der Waals surface area contributed by atoms with Gasteiger partial charge in [-0.2, -0.15) is 11.8 Å². The van der Waals surface area contributed by atoms with E-state index in [1.54, 1.807) is 17.6 Å². The number of rotatable bonds is 8. The van der Waals surface area contributed by atoms with Crippen molar-refractivity contribution in [2.75, 3.05) is 12.3 Å². The van der Waals surface area contributed by atoms with Crippen LogP contribution in [0.25, 0.3) is 11.0 Å². The first-order chi connectivity index (χ1) is 11.8. The fraction of sp³-hybridized carbons (Fsp3) is 0.316. The molecule has 3 rings (SSSR count). The Morgan fingerprint density at radius 3 is 3.04 bits per heavy atom. The van der Waals surface area contributed by atoms with Crippen molar-refractivity contribution >= 4 is 40.0 Å². The summed E-state index contributed by atoms with van der Waals surface area (Å²) in [5.41, 5.74) is 3.07. The Balaban J connectivity index is 1.45. The van der Waals surface area contributed by atoms with Gasteiger partial charge in [-0.3, -0.25) is 4.79 Å². The largest absolute Gasteiger partial charge is 0.464 e. The fourth-order valence-corrected chi connectivity index (χ4v) is 4.25. The van der Waals surface area contributed by atoms with Gasteiger partial charge >= 0.3 is 0 Å². The second-order valence-electron chi connectivity index (χ2n) is 5.60. The van der Waals surface area contributed by atoms with E-state index in [1.165, 1.54) is 10.4 Å². The Kier molecular flexibility index (Phi) is 5.99. The van der Waals surface area contributed by atoms with Gasteiger partial charge in [0.2, 0.25) is 5.91 Å². The van der Waals surface area contributed by atoms with Gasteiger partial charge in [0, 0.05) is 33.9 Å². The number of nitrogens with one attached hydrogen (secondary N) is 1. The third kappa shape index (κ3) is 4.42. The molecule has 0 aliphatic carbocycles. The summed E-state index contributed by atoms with van der Waals surface area (Å²) >= 11 is 3.62. The predicted octanol–water partition coefficient (Wildman–Crippen LogP) is 4.65. The summed E-state index contributed by atoms with van der Waals surface area (Å²) in [6, 6.07) is 10.4. The van der Waals surface area contributed by atoms with Crippen molar-refractivity contribution in [3.8, 4) is 0 Å². The lowest BCUT2D eigenvalue weighted by molar-refractivity contribution is -0.120. The molecule has 1 N–H and O–H groups in total. The van der Waals surface area contributed by atoms with Gasteiger partial charge in [0.1, 0.15) is 5.58 Å². The van der Waals surface area contributed by atoms with Crippen LogP contribution >= 0.6 is 23.1 Å². The maximum absolute atomic E-state index is 12.1. The molecule has 126 valence electrons. The second-order valence-corrected chi connectivity index (χ2v) is 7.74. The van der Waals surface area contributed by atoms with E-state index in [2.05, 4.69) is 48.0 Å². The van der Waals surface area contributed by atoms with Crippen LogP contribution in [0.4, 0.5) is 0 Å². The van der Waals surface area contributed by atoms with E-state index in [0.29, 0.717) is 13.0 Å². The molecule has 1 amide bonds. The van der Waals surface area contributed by atoms with Crippen molar-refractivity contribution in [3.63, 3.8) is 0 Å². The van der Waals surface area contributed by atoms with Crippen LogP contribution in [0, 0.1) is 0 Å². The highest BCUT2D eigenvalue weighted by Gasteiger charge is 2.10. The van der Waals surface area contributed by atoms with E-state index < -0.39 is 0 Å². The first kappa shape index (κ1) is 17.1. The third-order valence-electron chi connectivity index (χ3n) is 3.87. The molecule has 0 radical (unpaired) electrons. The molecule has 2 aromatic heterocycles. The number of amides is 1. The average Bonchev–Trinajstić information content (AvgIpc) is 3.24.